The Morgan fingerprint density at radius 2 is 1.61 bits per heavy atom. The lowest BCUT2D eigenvalue weighted by Gasteiger charge is -2.27. The highest BCUT2D eigenvalue weighted by Gasteiger charge is 2.35. The summed E-state index contributed by atoms with van der Waals surface area (Å²) in [5.74, 6) is -0.0491. The lowest BCUT2D eigenvalue weighted by atomic mass is 10.1. The molecule has 1 fully saturated rings. The molecule has 0 amide bonds. The molecule has 2 aromatic rings. The van der Waals surface area contributed by atoms with Gasteiger partial charge in [-0.25, -0.2) is 8.42 Å². The van der Waals surface area contributed by atoms with E-state index in [9.17, 15) is 21.6 Å². The molecule has 1 aliphatic rings. The lowest BCUT2D eigenvalue weighted by molar-refractivity contribution is -0.137. The molecule has 0 unspecified atom stereocenters. The van der Waals surface area contributed by atoms with Crippen molar-refractivity contribution in [2.45, 2.75) is 24.9 Å². The first kappa shape index (κ1) is 20.6. The molecule has 1 N–H and O–H groups in total. The molecule has 9 heteroatoms. The van der Waals surface area contributed by atoms with Crippen molar-refractivity contribution < 1.29 is 26.3 Å². The summed E-state index contributed by atoms with van der Waals surface area (Å²) in [6.07, 6.45) is -4.61. The van der Waals surface area contributed by atoms with Gasteiger partial charge in [0.1, 0.15) is 16.4 Å². The molecule has 0 radical (unpaired) electrons. The minimum Gasteiger partial charge on any atom is -0.456 e. The smallest absolute Gasteiger partial charge is 0.416 e. The molecule has 1 aliphatic heterocycles. The van der Waals surface area contributed by atoms with Crippen molar-refractivity contribution >= 4 is 10.0 Å². The van der Waals surface area contributed by atoms with Crippen molar-refractivity contribution in [1.29, 1.82) is 0 Å². The summed E-state index contributed by atoms with van der Waals surface area (Å²) in [4.78, 5) is -0.276. The maximum atomic E-state index is 13.2. The largest absolute Gasteiger partial charge is 0.456 e. The van der Waals surface area contributed by atoms with Crippen LogP contribution in [0.3, 0.4) is 0 Å². The molecule has 1 heterocycles. The molecule has 0 saturated carbocycles. The standard InChI is InChI=1S/C19H21F3N2O3S/c1-13-9-14(2)11-16(10-13)27-17-12-15(19(20,21)22)3-4-18(17)28(25,26)24-7-5-23-6-8-24/h3-4,9-12,23H,5-8H2,1-2H3. The van der Waals surface area contributed by atoms with Gasteiger partial charge in [-0.3, -0.25) is 0 Å². The van der Waals surface area contributed by atoms with E-state index in [4.69, 9.17) is 4.74 Å². The third-order valence-electron chi connectivity index (χ3n) is 4.39. The van der Waals surface area contributed by atoms with Crippen LogP contribution in [0.15, 0.2) is 41.3 Å². The minimum atomic E-state index is -4.61. The molecule has 0 spiro atoms. The molecule has 0 aliphatic carbocycles. The van der Waals surface area contributed by atoms with Gasteiger partial charge in [0.2, 0.25) is 10.0 Å². The molecule has 2 aromatic carbocycles. The van der Waals surface area contributed by atoms with Gasteiger partial charge in [0.25, 0.3) is 0 Å². The van der Waals surface area contributed by atoms with E-state index >= 15 is 0 Å². The Morgan fingerprint density at radius 1 is 1.00 bits per heavy atom. The van der Waals surface area contributed by atoms with Gasteiger partial charge in [-0.2, -0.15) is 17.5 Å². The predicted molar refractivity (Wildman–Crippen MR) is 99.1 cm³/mol. The first-order valence-electron chi connectivity index (χ1n) is 8.75. The van der Waals surface area contributed by atoms with Crippen LogP contribution in [0.25, 0.3) is 0 Å². The van der Waals surface area contributed by atoms with Gasteiger partial charge in [0, 0.05) is 26.2 Å². The molecule has 152 valence electrons. The van der Waals surface area contributed by atoms with Gasteiger partial charge < -0.3 is 10.1 Å². The van der Waals surface area contributed by atoms with Crippen molar-refractivity contribution in [3.8, 4) is 11.5 Å². The van der Waals surface area contributed by atoms with E-state index in [1.807, 2.05) is 19.9 Å². The summed E-state index contributed by atoms with van der Waals surface area (Å²) in [5.41, 5.74) is 0.744. The Kier molecular flexibility index (Phi) is 5.69. The molecular formula is C19H21F3N2O3S. The Balaban J connectivity index is 2.08. The van der Waals surface area contributed by atoms with E-state index in [0.29, 0.717) is 13.1 Å². The highest BCUT2D eigenvalue weighted by atomic mass is 32.2. The number of nitrogens with zero attached hydrogens (tertiary/aromatic N) is 1. The maximum Gasteiger partial charge on any atom is 0.416 e. The Hall–Kier alpha value is -2.10. The minimum absolute atomic E-state index is 0.242. The van der Waals surface area contributed by atoms with E-state index in [0.717, 1.165) is 29.3 Å². The zero-order chi connectivity index (χ0) is 20.5. The van der Waals surface area contributed by atoms with Crippen LogP contribution in [0.5, 0.6) is 11.5 Å². The van der Waals surface area contributed by atoms with Gasteiger partial charge in [0.05, 0.1) is 5.56 Å². The van der Waals surface area contributed by atoms with Gasteiger partial charge in [0.15, 0.2) is 0 Å². The van der Waals surface area contributed by atoms with Crippen molar-refractivity contribution in [3.63, 3.8) is 0 Å². The van der Waals surface area contributed by atoms with Crippen LogP contribution in [0, 0.1) is 13.8 Å². The second-order valence-electron chi connectivity index (χ2n) is 6.74. The van der Waals surface area contributed by atoms with Gasteiger partial charge >= 0.3 is 6.18 Å². The fourth-order valence-electron chi connectivity index (χ4n) is 3.12. The number of benzene rings is 2. The second-order valence-corrected chi connectivity index (χ2v) is 8.65. The quantitative estimate of drug-likeness (QED) is 0.829. The maximum absolute atomic E-state index is 13.2. The van der Waals surface area contributed by atoms with E-state index in [1.165, 1.54) is 4.31 Å². The summed E-state index contributed by atoms with van der Waals surface area (Å²) >= 11 is 0. The number of nitrogens with one attached hydrogen (secondary N) is 1. The summed E-state index contributed by atoms with van der Waals surface area (Å²) in [6.45, 7) is 5.09. The van der Waals surface area contributed by atoms with E-state index in [-0.39, 0.29) is 29.5 Å². The third kappa shape index (κ3) is 4.48. The molecule has 0 bridgehead atoms. The van der Waals surface area contributed by atoms with Crippen molar-refractivity contribution in [2.75, 3.05) is 26.2 Å². The number of halogens is 3. The molecule has 5 nitrogen and oxygen atoms in total. The Morgan fingerprint density at radius 3 is 2.18 bits per heavy atom. The fraction of sp³-hybridized carbons (Fsp3) is 0.368. The number of hydrogen-bond donors (Lipinski definition) is 1. The van der Waals surface area contributed by atoms with Gasteiger partial charge in [-0.15, -0.1) is 0 Å². The fourth-order valence-corrected chi connectivity index (χ4v) is 4.66. The number of ether oxygens (including phenoxy) is 1. The van der Waals surface area contributed by atoms with E-state index < -0.39 is 21.8 Å². The first-order chi connectivity index (χ1) is 13.1. The number of aryl methyl sites for hydroxylation is 2. The normalized spacial score (nSPS) is 16.2. The van der Waals surface area contributed by atoms with Gasteiger partial charge in [-0.1, -0.05) is 6.07 Å². The summed E-state index contributed by atoms with van der Waals surface area (Å²) in [5, 5.41) is 3.05. The number of piperazine rings is 1. The number of rotatable bonds is 4. The molecule has 28 heavy (non-hydrogen) atoms. The van der Waals surface area contributed by atoms with Gasteiger partial charge in [-0.05, 0) is 55.3 Å². The van der Waals surface area contributed by atoms with Crippen molar-refractivity contribution in [1.82, 2.24) is 9.62 Å². The highest BCUT2D eigenvalue weighted by molar-refractivity contribution is 7.89. The van der Waals surface area contributed by atoms with Crippen LogP contribution in [-0.2, 0) is 16.2 Å². The third-order valence-corrected chi connectivity index (χ3v) is 6.33. The average molecular weight is 414 g/mol. The highest BCUT2D eigenvalue weighted by Crippen LogP contribution is 2.38. The average Bonchev–Trinajstić information content (AvgIpc) is 2.60. The molecular weight excluding hydrogens is 393 g/mol. The zero-order valence-corrected chi connectivity index (χ0v) is 16.3. The van der Waals surface area contributed by atoms with Crippen molar-refractivity contribution in [3.05, 3.63) is 53.1 Å². The van der Waals surface area contributed by atoms with E-state index in [2.05, 4.69) is 5.32 Å². The van der Waals surface area contributed by atoms with Crippen molar-refractivity contribution in [2.24, 2.45) is 0 Å². The van der Waals surface area contributed by atoms with Crippen LogP contribution < -0.4 is 10.1 Å². The summed E-state index contributed by atoms with van der Waals surface area (Å²) in [6, 6.07) is 7.66. The molecule has 3 rings (SSSR count). The lowest BCUT2D eigenvalue weighted by Crippen LogP contribution is -2.46. The Bertz CT molecular complexity index is 949. The van der Waals surface area contributed by atoms with Crippen LogP contribution in [-0.4, -0.2) is 38.9 Å². The zero-order valence-electron chi connectivity index (χ0n) is 15.5. The summed E-state index contributed by atoms with van der Waals surface area (Å²) in [7, 11) is -3.99. The number of alkyl halides is 3. The molecule has 1 saturated heterocycles. The number of sulfonamides is 1. The monoisotopic (exact) mass is 414 g/mol. The first-order valence-corrected chi connectivity index (χ1v) is 10.2. The van der Waals surface area contributed by atoms with Crippen LogP contribution >= 0.6 is 0 Å². The topological polar surface area (TPSA) is 58.6 Å². The molecule has 0 atom stereocenters. The van der Waals surface area contributed by atoms with E-state index in [1.54, 1.807) is 12.1 Å². The SMILES string of the molecule is Cc1cc(C)cc(Oc2cc(C(F)(F)F)ccc2S(=O)(=O)N2CCNCC2)c1. The second kappa shape index (κ2) is 7.73. The number of hydrogen-bond acceptors (Lipinski definition) is 4. The summed E-state index contributed by atoms with van der Waals surface area (Å²) < 4.78 is 72.6. The predicted octanol–water partition coefficient (Wildman–Crippen LogP) is 3.71. The Labute approximate surface area is 162 Å². The van der Waals surface area contributed by atoms with Crippen LogP contribution in [0.1, 0.15) is 16.7 Å². The molecule has 0 aromatic heterocycles. The van der Waals surface area contributed by atoms with Crippen LogP contribution in [0.2, 0.25) is 0 Å². The van der Waals surface area contributed by atoms with Crippen LogP contribution in [0.4, 0.5) is 13.2 Å².